The fourth-order valence-corrected chi connectivity index (χ4v) is 4.61. The molecule has 0 saturated carbocycles. The van der Waals surface area contributed by atoms with Gasteiger partial charge in [-0.15, -0.1) is 0 Å². The number of ether oxygens (including phenoxy) is 1. The minimum Gasteiger partial charge on any atom is -0.497 e. The second-order valence-corrected chi connectivity index (χ2v) is 8.20. The molecular formula is C21H23N5O4S. The molecule has 1 aromatic heterocycles. The first kappa shape index (κ1) is 21.0. The quantitative estimate of drug-likeness (QED) is 0.444. The number of anilines is 1. The molecule has 2 heterocycles. The number of amides is 1. The van der Waals surface area contributed by atoms with Crippen LogP contribution in [0, 0.1) is 10.1 Å². The molecule has 1 aliphatic heterocycles. The molecule has 1 amide bonds. The first-order valence-electron chi connectivity index (χ1n) is 9.98. The predicted molar refractivity (Wildman–Crippen MR) is 120 cm³/mol. The van der Waals surface area contributed by atoms with Crippen molar-refractivity contribution in [3.05, 3.63) is 58.1 Å². The van der Waals surface area contributed by atoms with E-state index < -0.39 is 10.8 Å². The van der Waals surface area contributed by atoms with Gasteiger partial charge in [-0.2, -0.15) is 0 Å². The molecule has 9 nitrogen and oxygen atoms in total. The van der Waals surface area contributed by atoms with Crippen LogP contribution in [0.2, 0.25) is 0 Å². The van der Waals surface area contributed by atoms with Gasteiger partial charge in [0.1, 0.15) is 11.3 Å². The molecule has 1 N–H and O–H groups in total. The SMILES string of the molecule is COc1ccc2nc(N3CCN(CCNC(=O)c4ccccc4[N+](=O)[O-])CC3)sc2c1. The maximum atomic E-state index is 12.3. The number of methoxy groups -OCH3 is 1. The van der Waals surface area contributed by atoms with E-state index in [0.29, 0.717) is 13.1 Å². The minimum absolute atomic E-state index is 0.0878. The van der Waals surface area contributed by atoms with E-state index in [2.05, 4.69) is 15.1 Å². The van der Waals surface area contributed by atoms with E-state index in [0.717, 1.165) is 47.3 Å². The van der Waals surface area contributed by atoms with Crippen molar-refractivity contribution >= 4 is 38.3 Å². The standard InChI is InChI=1S/C21H23N5O4S/c1-30-15-6-7-17-19(14-15)31-21(23-17)25-12-10-24(11-13-25)9-8-22-20(27)16-4-2-3-5-18(16)26(28)29/h2-7,14H,8-13H2,1H3,(H,22,27). The largest absolute Gasteiger partial charge is 0.497 e. The molecule has 0 atom stereocenters. The minimum atomic E-state index is -0.535. The summed E-state index contributed by atoms with van der Waals surface area (Å²) in [5, 5.41) is 14.9. The Kier molecular flexibility index (Phi) is 6.28. The number of nitro groups is 1. The number of carbonyl (C=O) groups is 1. The Bertz CT molecular complexity index is 1090. The lowest BCUT2D eigenvalue weighted by atomic mass is 10.1. The molecule has 1 saturated heterocycles. The number of fused-ring (bicyclic) bond motifs is 1. The molecule has 0 unspecified atom stereocenters. The Balaban J connectivity index is 1.27. The number of rotatable bonds is 7. The van der Waals surface area contributed by atoms with E-state index in [9.17, 15) is 14.9 Å². The third-order valence-corrected chi connectivity index (χ3v) is 6.37. The lowest BCUT2D eigenvalue weighted by molar-refractivity contribution is -0.385. The van der Waals surface area contributed by atoms with Gasteiger partial charge in [-0.05, 0) is 24.3 Å². The maximum Gasteiger partial charge on any atom is 0.282 e. The summed E-state index contributed by atoms with van der Waals surface area (Å²) < 4.78 is 6.39. The maximum absolute atomic E-state index is 12.3. The summed E-state index contributed by atoms with van der Waals surface area (Å²) in [6, 6.07) is 11.9. The van der Waals surface area contributed by atoms with Crippen molar-refractivity contribution in [3.63, 3.8) is 0 Å². The fourth-order valence-electron chi connectivity index (χ4n) is 3.57. The molecular weight excluding hydrogens is 418 g/mol. The van der Waals surface area contributed by atoms with Gasteiger partial charge in [0.2, 0.25) is 0 Å². The smallest absolute Gasteiger partial charge is 0.282 e. The Hall–Kier alpha value is -3.24. The van der Waals surface area contributed by atoms with E-state index in [-0.39, 0.29) is 11.3 Å². The van der Waals surface area contributed by atoms with Crippen LogP contribution in [0.5, 0.6) is 5.75 Å². The molecule has 2 aromatic carbocycles. The average molecular weight is 442 g/mol. The number of para-hydroxylation sites is 1. The monoisotopic (exact) mass is 441 g/mol. The number of nitrogens with zero attached hydrogens (tertiary/aromatic N) is 4. The number of hydrogen-bond acceptors (Lipinski definition) is 8. The number of thiazole rings is 1. The van der Waals surface area contributed by atoms with Crippen LogP contribution in [0.15, 0.2) is 42.5 Å². The van der Waals surface area contributed by atoms with Crippen LogP contribution in [0.1, 0.15) is 10.4 Å². The number of hydrogen-bond donors (Lipinski definition) is 1. The highest BCUT2D eigenvalue weighted by molar-refractivity contribution is 7.22. The van der Waals surface area contributed by atoms with E-state index in [1.165, 1.54) is 12.1 Å². The molecule has 0 spiro atoms. The highest BCUT2D eigenvalue weighted by atomic mass is 32.1. The van der Waals surface area contributed by atoms with Gasteiger partial charge in [-0.25, -0.2) is 4.98 Å². The van der Waals surface area contributed by atoms with Crippen molar-refractivity contribution in [3.8, 4) is 5.75 Å². The molecule has 0 aliphatic carbocycles. The average Bonchev–Trinajstić information content (AvgIpc) is 3.22. The van der Waals surface area contributed by atoms with Crippen LogP contribution in [0.25, 0.3) is 10.2 Å². The summed E-state index contributed by atoms with van der Waals surface area (Å²) in [5.74, 6) is 0.409. The van der Waals surface area contributed by atoms with Crippen LogP contribution in [0.3, 0.4) is 0 Å². The van der Waals surface area contributed by atoms with Gasteiger partial charge < -0.3 is 15.0 Å². The predicted octanol–water partition coefficient (Wildman–Crippen LogP) is 2.77. The number of carbonyl (C=O) groups excluding carboxylic acids is 1. The van der Waals surface area contributed by atoms with Gasteiger partial charge in [0, 0.05) is 45.3 Å². The second-order valence-electron chi connectivity index (χ2n) is 7.19. The number of piperazine rings is 1. The van der Waals surface area contributed by atoms with E-state index >= 15 is 0 Å². The summed E-state index contributed by atoms with van der Waals surface area (Å²) in [7, 11) is 1.66. The fraction of sp³-hybridized carbons (Fsp3) is 0.333. The number of aromatic nitrogens is 1. The van der Waals surface area contributed by atoms with Crippen LogP contribution in [-0.4, -0.2) is 67.1 Å². The first-order valence-corrected chi connectivity index (χ1v) is 10.8. The van der Waals surface area contributed by atoms with Gasteiger partial charge in [0.05, 0.1) is 22.2 Å². The summed E-state index contributed by atoms with van der Waals surface area (Å²) in [5.41, 5.74) is 0.882. The summed E-state index contributed by atoms with van der Waals surface area (Å²) in [4.78, 5) is 32.2. The van der Waals surface area contributed by atoms with Crippen molar-refractivity contribution in [2.75, 3.05) is 51.3 Å². The van der Waals surface area contributed by atoms with E-state index in [4.69, 9.17) is 9.72 Å². The second kappa shape index (κ2) is 9.27. The van der Waals surface area contributed by atoms with Gasteiger partial charge in [-0.3, -0.25) is 19.8 Å². The molecule has 1 fully saturated rings. The van der Waals surface area contributed by atoms with E-state index in [1.54, 1.807) is 30.6 Å². The molecule has 0 bridgehead atoms. The summed E-state index contributed by atoms with van der Waals surface area (Å²) in [6.45, 7) is 4.56. The Morgan fingerprint density at radius 3 is 2.74 bits per heavy atom. The van der Waals surface area contributed by atoms with Crippen molar-refractivity contribution in [2.24, 2.45) is 0 Å². The van der Waals surface area contributed by atoms with Gasteiger partial charge in [-0.1, -0.05) is 23.5 Å². The molecule has 3 aromatic rings. The zero-order chi connectivity index (χ0) is 21.8. The van der Waals surface area contributed by atoms with Crippen molar-refractivity contribution in [1.29, 1.82) is 0 Å². The van der Waals surface area contributed by atoms with Crippen molar-refractivity contribution in [2.45, 2.75) is 0 Å². The molecule has 0 radical (unpaired) electrons. The summed E-state index contributed by atoms with van der Waals surface area (Å²) >= 11 is 1.66. The number of nitro benzene ring substituents is 1. The zero-order valence-electron chi connectivity index (χ0n) is 17.1. The van der Waals surface area contributed by atoms with Crippen LogP contribution >= 0.6 is 11.3 Å². The highest BCUT2D eigenvalue weighted by Crippen LogP contribution is 2.31. The van der Waals surface area contributed by atoms with Crippen molar-refractivity contribution in [1.82, 2.24) is 15.2 Å². The molecule has 10 heteroatoms. The highest BCUT2D eigenvalue weighted by Gasteiger charge is 2.21. The van der Waals surface area contributed by atoms with E-state index in [1.807, 2.05) is 18.2 Å². The Morgan fingerprint density at radius 2 is 2.00 bits per heavy atom. The number of nitrogens with one attached hydrogen (secondary N) is 1. The summed E-state index contributed by atoms with van der Waals surface area (Å²) in [6.07, 6.45) is 0. The topological polar surface area (TPSA) is 101 Å². The van der Waals surface area contributed by atoms with Gasteiger partial charge >= 0.3 is 0 Å². The van der Waals surface area contributed by atoms with Gasteiger partial charge in [0.25, 0.3) is 11.6 Å². The molecule has 1 aliphatic rings. The third kappa shape index (κ3) is 4.75. The third-order valence-electron chi connectivity index (χ3n) is 5.29. The molecule has 4 rings (SSSR count). The van der Waals surface area contributed by atoms with Crippen LogP contribution < -0.4 is 15.0 Å². The van der Waals surface area contributed by atoms with Gasteiger partial charge in [0.15, 0.2) is 5.13 Å². The van der Waals surface area contributed by atoms with Crippen LogP contribution in [-0.2, 0) is 0 Å². The zero-order valence-corrected chi connectivity index (χ0v) is 17.9. The normalized spacial score (nSPS) is 14.5. The molecule has 162 valence electrons. The Labute approximate surface area is 183 Å². The number of benzene rings is 2. The Morgan fingerprint density at radius 1 is 1.23 bits per heavy atom. The first-order chi connectivity index (χ1) is 15.0. The lowest BCUT2D eigenvalue weighted by Crippen LogP contribution is -2.48. The van der Waals surface area contributed by atoms with Crippen LogP contribution in [0.4, 0.5) is 10.8 Å². The lowest BCUT2D eigenvalue weighted by Gasteiger charge is -2.34. The molecule has 31 heavy (non-hydrogen) atoms. The van der Waals surface area contributed by atoms with Crippen molar-refractivity contribution < 1.29 is 14.5 Å².